The third-order valence-corrected chi connectivity index (χ3v) is 2.12. The Labute approximate surface area is 88.8 Å². The van der Waals surface area contributed by atoms with Crippen molar-refractivity contribution in [2.45, 2.75) is 0 Å². The Morgan fingerprint density at radius 3 is 1.47 bits per heavy atom. The standard InChI is InChI=1S/C13H10NO/c15-11-14(12-7-3-1-4-8-12)13-9-5-2-6-10-13/h1-10H. The van der Waals surface area contributed by atoms with Gasteiger partial charge in [0.15, 0.2) is 0 Å². The monoisotopic (exact) mass is 196 g/mol. The predicted molar refractivity (Wildman–Crippen MR) is 60.7 cm³/mol. The molecule has 0 bridgehead atoms. The zero-order valence-corrected chi connectivity index (χ0v) is 8.13. The lowest BCUT2D eigenvalue weighted by molar-refractivity contribution is 0.556. The highest BCUT2D eigenvalue weighted by Crippen LogP contribution is 2.22. The van der Waals surface area contributed by atoms with Gasteiger partial charge in [0, 0.05) is 11.4 Å². The van der Waals surface area contributed by atoms with Crippen LogP contribution < -0.4 is 4.90 Å². The van der Waals surface area contributed by atoms with Crippen molar-refractivity contribution in [2.75, 3.05) is 4.90 Å². The van der Waals surface area contributed by atoms with E-state index in [1.165, 1.54) is 4.90 Å². The number of hydrogen-bond donors (Lipinski definition) is 0. The van der Waals surface area contributed by atoms with Crippen LogP contribution in [0.4, 0.5) is 11.4 Å². The van der Waals surface area contributed by atoms with E-state index in [0.29, 0.717) is 0 Å². The van der Waals surface area contributed by atoms with Crippen molar-refractivity contribution in [2.24, 2.45) is 0 Å². The van der Waals surface area contributed by atoms with Crippen molar-refractivity contribution in [1.82, 2.24) is 0 Å². The summed E-state index contributed by atoms with van der Waals surface area (Å²) < 4.78 is 0. The van der Waals surface area contributed by atoms with Gasteiger partial charge in [-0.2, -0.15) is 0 Å². The van der Waals surface area contributed by atoms with Crippen LogP contribution in [-0.2, 0) is 4.79 Å². The SMILES string of the molecule is O=[C]N(c1ccccc1)c1ccccc1. The molecular weight excluding hydrogens is 186 g/mol. The summed E-state index contributed by atoms with van der Waals surface area (Å²) >= 11 is 0. The molecule has 0 saturated carbocycles. The first-order valence-electron chi connectivity index (χ1n) is 4.70. The molecule has 0 aliphatic heterocycles. The van der Waals surface area contributed by atoms with Crippen molar-refractivity contribution in [3.05, 3.63) is 60.7 Å². The molecule has 2 heteroatoms. The fraction of sp³-hybridized carbons (Fsp3) is 0. The average Bonchev–Trinajstić information content (AvgIpc) is 2.33. The van der Waals surface area contributed by atoms with Crippen molar-refractivity contribution in [3.63, 3.8) is 0 Å². The van der Waals surface area contributed by atoms with Crippen molar-refractivity contribution < 1.29 is 4.79 Å². The van der Waals surface area contributed by atoms with E-state index in [0.717, 1.165) is 11.4 Å². The Balaban J connectivity index is 2.38. The number of benzene rings is 2. The minimum absolute atomic E-state index is 0.818. The number of para-hydroxylation sites is 2. The van der Waals surface area contributed by atoms with E-state index in [4.69, 9.17) is 0 Å². The molecule has 0 N–H and O–H groups in total. The van der Waals surface area contributed by atoms with Crippen LogP contribution in [0.15, 0.2) is 60.7 Å². The molecule has 2 rings (SSSR count). The van der Waals surface area contributed by atoms with E-state index in [2.05, 4.69) is 0 Å². The lowest BCUT2D eigenvalue weighted by Gasteiger charge is -2.15. The number of anilines is 2. The molecular formula is C13H10NO. The first-order valence-corrected chi connectivity index (χ1v) is 4.70. The van der Waals surface area contributed by atoms with Crippen molar-refractivity contribution in [3.8, 4) is 0 Å². The minimum atomic E-state index is 0.818. The van der Waals surface area contributed by atoms with Gasteiger partial charge in [-0.05, 0) is 24.3 Å². The molecule has 0 aromatic heterocycles. The first-order chi connectivity index (χ1) is 7.42. The van der Waals surface area contributed by atoms with Gasteiger partial charge in [-0.1, -0.05) is 36.4 Å². The third-order valence-electron chi connectivity index (χ3n) is 2.12. The average molecular weight is 196 g/mol. The summed E-state index contributed by atoms with van der Waals surface area (Å²) in [5.74, 6) is 0. The first kappa shape index (κ1) is 9.46. The van der Waals surface area contributed by atoms with Crippen LogP contribution in [0, 0.1) is 0 Å². The van der Waals surface area contributed by atoms with Gasteiger partial charge in [-0.15, -0.1) is 0 Å². The Bertz CT molecular complexity index is 385. The number of amides is 1. The Kier molecular flexibility index (Phi) is 2.79. The van der Waals surface area contributed by atoms with Crippen LogP contribution >= 0.6 is 0 Å². The van der Waals surface area contributed by atoms with E-state index < -0.39 is 0 Å². The Hall–Kier alpha value is -2.09. The summed E-state index contributed by atoms with van der Waals surface area (Å²) in [6.07, 6.45) is 1.92. The van der Waals surface area contributed by atoms with E-state index in [-0.39, 0.29) is 0 Å². The maximum Gasteiger partial charge on any atom is 0.321 e. The number of nitrogens with zero attached hydrogens (tertiary/aromatic N) is 1. The molecule has 2 nitrogen and oxygen atoms in total. The zero-order chi connectivity index (χ0) is 10.5. The third kappa shape index (κ3) is 2.05. The minimum Gasteiger partial charge on any atom is -0.273 e. The topological polar surface area (TPSA) is 20.3 Å². The van der Waals surface area contributed by atoms with Crippen LogP contribution in [0.5, 0.6) is 0 Å². The maximum absolute atomic E-state index is 10.9. The highest BCUT2D eigenvalue weighted by molar-refractivity contribution is 5.86. The molecule has 0 spiro atoms. The predicted octanol–water partition coefficient (Wildman–Crippen LogP) is 2.89. The van der Waals surface area contributed by atoms with Crippen LogP contribution in [0.2, 0.25) is 0 Å². The van der Waals surface area contributed by atoms with Crippen LogP contribution in [0.25, 0.3) is 0 Å². The zero-order valence-electron chi connectivity index (χ0n) is 8.13. The molecule has 0 unspecified atom stereocenters. The fourth-order valence-electron chi connectivity index (χ4n) is 1.41. The largest absolute Gasteiger partial charge is 0.321 e. The van der Waals surface area contributed by atoms with Crippen LogP contribution in [0.3, 0.4) is 0 Å². The quantitative estimate of drug-likeness (QED) is 0.691. The molecule has 0 aliphatic rings. The Morgan fingerprint density at radius 2 is 1.13 bits per heavy atom. The van der Waals surface area contributed by atoms with Gasteiger partial charge in [0.2, 0.25) is 0 Å². The second-order valence-electron chi connectivity index (χ2n) is 3.10. The lowest BCUT2D eigenvalue weighted by Crippen LogP contribution is -2.13. The van der Waals surface area contributed by atoms with Gasteiger partial charge in [-0.25, -0.2) is 0 Å². The van der Waals surface area contributed by atoms with E-state index in [1.807, 2.05) is 67.1 Å². The summed E-state index contributed by atoms with van der Waals surface area (Å²) in [6, 6.07) is 18.9. The smallest absolute Gasteiger partial charge is 0.273 e. The maximum atomic E-state index is 10.9. The van der Waals surface area contributed by atoms with Crippen molar-refractivity contribution >= 4 is 17.8 Å². The number of carbonyl (C=O) groups excluding carboxylic acids is 1. The van der Waals surface area contributed by atoms with Gasteiger partial charge >= 0.3 is 6.41 Å². The molecule has 73 valence electrons. The second kappa shape index (κ2) is 4.42. The molecule has 0 heterocycles. The summed E-state index contributed by atoms with van der Waals surface area (Å²) in [4.78, 5) is 12.4. The van der Waals surface area contributed by atoms with Gasteiger partial charge in [0.1, 0.15) is 0 Å². The second-order valence-corrected chi connectivity index (χ2v) is 3.10. The lowest BCUT2D eigenvalue weighted by atomic mass is 10.2. The fourth-order valence-corrected chi connectivity index (χ4v) is 1.41. The summed E-state index contributed by atoms with van der Waals surface area (Å²) in [7, 11) is 0. The van der Waals surface area contributed by atoms with Crippen molar-refractivity contribution in [1.29, 1.82) is 0 Å². The van der Waals surface area contributed by atoms with E-state index >= 15 is 0 Å². The molecule has 15 heavy (non-hydrogen) atoms. The highest BCUT2D eigenvalue weighted by atomic mass is 16.1. The van der Waals surface area contributed by atoms with Gasteiger partial charge < -0.3 is 0 Å². The molecule has 1 amide bonds. The van der Waals surface area contributed by atoms with Gasteiger partial charge in [0.05, 0.1) is 0 Å². The molecule has 0 fully saturated rings. The summed E-state index contributed by atoms with van der Waals surface area (Å²) in [5, 5.41) is 0. The highest BCUT2D eigenvalue weighted by Gasteiger charge is 2.06. The van der Waals surface area contributed by atoms with Crippen LogP contribution in [-0.4, -0.2) is 6.41 Å². The van der Waals surface area contributed by atoms with Crippen LogP contribution in [0.1, 0.15) is 0 Å². The van der Waals surface area contributed by atoms with E-state index in [9.17, 15) is 4.79 Å². The molecule has 0 atom stereocenters. The van der Waals surface area contributed by atoms with Gasteiger partial charge in [-0.3, -0.25) is 9.69 Å². The summed E-state index contributed by atoms with van der Waals surface area (Å²) in [5.41, 5.74) is 1.64. The molecule has 2 aromatic carbocycles. The molecule has 1 radical (unpaired) electrons. The Morgan fingerprint density at radius 1 is 0.733 bits per heavy atom. The molecule has 0 saturated heterocycles. The van der Waals surface area contributed by atoms with E-state index in [1.54, 1.807) is 0 Å². The summed E-state index contributed by atoms with van der Waals surface area (Å²) in [6.45, 7) is 0. The molecule has 2 aromatic rings. The number of hydrogen-bond acceptors (Lipinski definition) is 1. The number of rotatable bonds is 3. The molecule has 0 aliphatic carbocycles. The van der Waals surface area contributed by atoms with Gasteiger partial charge in [0.25, 0.3) is 0 Å². The normalized spacial score (nSPS) is 9.60.